The smallest absolute Gasteiger partial charge is 0.314 e. The molecule has 3 N–H and O–H groups in total. The van der Waals surface area contributed by atoms with E-state index in [1.165, 1.54) is 24.3 Å². The molecule has 0 bridgehead atoms. The molecule has 0 aliphatic carbocycles. The zero-order chi connectivity index (χ0) is 13.4. The van der Waals surface area contributed by atoms with Gasteiger partial charge in [-0.25, -0.2) is 4.79 Å². The molecule has 1 heterocycles. The fraction of sp³-hybridized carbons (Fsp3) is 0.833. The van der Waals surface area contributed by atoms with Crippen LogP contribution in [0.3, 0.4) is 0 Å². The van der Waals surface area contributed by atoms with Gasteiger partial charge >= 0.3 is 12.0 Å². The number of hydrogen-bond donors (Lipinski definition) is 3. The quantitative estimate of drug-likeness (QED) is 0.686. The summed E-state index contributed by atoms with van der Waals surface area (Å²) in [6.07, 6.45) is 2.80. The molecule has 0 aromatic rings. The van der Waals surface area contributed by atoms with E-state index in [0.29, 0.717) is 18.9 Å². The highest BCUT2D eigenvalue weighted by Gasteiger charge is 2.15. The number of carbonyl (C=O) groups excluding carboxylic acids is 1. The molecule has 0 aromatic carbocycles. The maximum atomic E-state index is 11.5. The summed E-state index contributed by atoms with van der Waals surface area (Å²) in [5.74, 6) is 1.72. The summed E-state index contributed by atoms with van der Waals surface area (Å²) in [6, 6.07) is -0.189. The molecule has 5 nitrogen and oxygen atoms in total. The van der Waals surface area contributed by atoms with Crippen molar-refractivity contribution in [2.24, 2.45) is 11.8 Å². The number of carbonyl (C=O) groups is 2. The van der Waals surface area contributed by atoms with E-state index in [4.69, 9.17) is 5.11 Å². The lowest BCUT2D eigenvalue weighted by Crippen LogP contribution is -2.39. The van der Waals surface area contributed by atoms with Gasteiger partial charge in [0.05, 0.1) is 5.92 Å². The van der Waals surface area contributed by atoms with Gasteiger partial charge in [-0.3, -0.25) is 4.79 Å². The minimum atomic E-state index is -0.822. The van der Waals surface area contributed by atoms with Gasteiger partial charge in [-0.15, -0.1) is 0 Å². The first-order valence-corrected chi connectivity index (χ1v) is 7.57. The molecule has 0 saturated carbocycles. The second kappa shape index (κ2) is 8.24. The number of rotatable bonds is 6. The molecule has 1 rings (SSSR count). The molecule has 6 heteroatoms. The van der Waals surface area contributed by atoms with Crippen LogP contribution in [-0.4, -0.2) is 41.7 Å². The van der Waals surface area contributed by atoms with Crippen LogP contribution in [0.1, 0.15) is 26.2 Å². The standard InChI is InChI=1S/C12H22N2O3S/c1-9(11(15)16)2-5-13-12(17)14-8-10-3-6-18-7-4-10/h9-10H,2-8H2,1H3,(H,15,16)(H2,13,14,17). The highest BCUT2D eigenvalue weighted by atomic mass is 32.2. The molecule has 1 atom stereocenters. The van der Waals surface area contributed by atoms with Gasteiger partial charge in [0.15, 0.2) is 0 Å². The predicted molar refractivity (Wildman–Crippen MR) is 72.9 cm³/mol. The van der Waals surface area contributed by atoms with Gasteiger partial charge in [-0.1, -0.05) is 6.92 Å². The summed E-state index contributed by atoms with van der Waals surface area (Å²) >= 11 is 1.97. The number of carboxylic acid groups (broad SMARTS) is 1. The first-order chi connectivity index (χ1) is 8.59. The lowest BCUT2D eigenvalue weighted by molar-refractivity contribution is -0.141. The van der Waals surface area contributed by atoms with Crippen LogP contribution in [-0.2, 0) is 4.79 Å². The third-order valence-electron chi connectivity index (χ3n) is 3.18. The number of hydrogen-bond acceptors (Lipinski definition) is 3. The maximum absolute atomic E-state index is 11.5. The Hall–Kier alpha value is -0.910. The van der Waals surface area contributed by atoms with Crippen LogP contribution >= 0.6 is 11.8 Å². The molecule has 1 aliphatic rings. The number of aliphatic carboxylic acids is 1. The topological polar surface area (TPSA) is 78.4 Å². The predicted octanol–water partition coefficient (Wildman–Crippen LogP) is 1.54. The lowest BCUT2D eigenvalue weighted by atomic mass is 10.0. The molecule has 0 spiro atoms. The molecule has 2 amide bonds. The van der Waals surface area contributed by atoms with Gasteiger partial charge in [-0.05, 0) is 36.7 Å². The van der Waals surface area contributed by atoms with Crippen molar-refractivity contribution in [2.75, 3.05) is 24.6 Å². The van der Waals surface area contributed by atoms with Crippen LogP contribution in [0.25, 0.3) is 0 Å². The molecule has 18 heavy (non-hydrogen) atoms. The molecule has 0 aromatic heterocycles. The van der Waals surface area contributed by atoms with Crippen molar-refractivity contribution >= 4 is 23.8 Å². The molecule has 1 unspecified atom stereocenters. The van der Waals surface area contributed by atoms with E-state index in [1.54, 1.807) is 6.92 Å². The van der Waals surface area contributed by atoms with Crippen LogP contribution in [0.2, 0.25) is 0 Å². The molecular weight excluding hydrogens is 252 g/mol. The van der Waals surface area contributed by atoms with Crippen molar-refractivity contribution in [3.63, 3.8) is 0 Å². The van der Waals surface area contributed by atoms with Crippen molar-refractivity contribution in [3.8, 4) is 0 Å². The SMILES string of the molecule is CC(CCNC(=O)NCC1CCSCC1)C(=O)O. The molecule has 104 valence electrons. The van der Waals surface area contributed by atoms with E-state index in [1.807, 2.05) is 11.8 Å². The monoisotopic (exact) mass is 274 g/mol. The average Bonchev–Trinajstić information content (AvgIpc) is 2.37. The summed E-state index contributed by atoms with van der Waals surface area (Å²) in [5.41, 5.74) is 0. The fourth-order valence-corrected chi connectivity index (χ4v) is 2.98. The van der Waals surface area contributed by atoms with Crippen LogP contribution < -0.4 is 10.6 Å². The summed E-state index contributed by atoms with van der Waals surface area (Å²) in [6.45, 7) is 2.77. The zero-order valence-electron chi connectivity index (χ0n) is 10.8. The van der Waals surface area contributed by atoms with E-state index in [-0.39, 0.29) is 6.03 Å². The summed E-state index contributed by atoms with van der Waals surface area (Å²) in [7, 11) is 0. The largest absolute Gasteiger partial charge is 0.481 e. The van der Waals surface area contributed by atoms with Gasteiger partial charge < -0.3 is 15.7 Å². The highest BCUT2D eigenvalue weighted by molar-refractivity contribution is 7.99. The minimum absolute atomic E-state index is 0.189. The van der Waals surface area contributed by atoms with Gasteiger partial charge in [0, 0.05) is 13.1 Å². The Morgan fingerprint density at radius 3 is 2.61 bits per heavy atom. The van der Waals surface area contributed by atoms with E-state index in [2.05, 4.69) is 10.6 Å². The number of amides is 2. The Bertz CT molecular complexity index is 280. The lowest BCUT2D eigenvalue weighted by Gasteiger charge is -2.21. The Kier molecular flexibility index (Phi) is 6.93. The second-order valence-electron chi connectivity index (χ2n) is 4.72. The van der Waals surface area contributed by atoms with Crippen molar-refractivity contribution in [2.45, 2.75) is 26.2 Å². The normalized spacial score (nSPS) is 18.1. The number of urea groups is 1. The third kappa shape index (κ3) is 6.14. The molecular formula is C12H22N2O3S. The fourth-order valence-electron chi connectivity index (χ4n) is 1.78. The van der Waals surface area contributed by atoms with Crippen molar-refractivity contribution in [1.29, 1.82) is 0 Å². The Balaban J connectivity index is 2.04. The third-order valence-corrected chi connectivity index (χ3v) is 4.23. The molecule has 1 aliphatic heterocycles. The highest BCUT2D eigenvalue weighted by Crippen LogP contribution is 2.21. The summed E-state index contributed by atoms with van der Waals surface area (Å²) in [4.78, 5) is 22.0. The summed E-state index contributed by atoms with van der Waals surface area (Å²) in [5, 5.41) is 14.2. The van der Waals surface area contributed by atoms with E-state index >= 15 is 0 Å². The average molecular weight is 274 g/mol. The minimum Gasteiger partial charge on any atom is -0.481 e. The van der Waals surface area contributed by atoms with E-state index < -0.39 is 11.9 Å². The first-order valence-electron chi connectivity index (χ1n) is 6.42. The Morgan fingerprint density at radius 2 is 2.00 bits per heavy atom. The van der Waals surface area contributed by atoms with Crippen LogP contribution in [0.15, 0.2) is 0 Å². The van der Waals surface area contributed by atoms with E-state index in [9.17, 15) is 9.59 Å². The Labute approximate surface area is 112 Å². The zero-order valence-corrected chi connectivity index (χ0v) is 11.6. The molecule has 1 fully saturated rings. The number of nitrogens with one attached hydrogen (secondary N) is 2. The van der Waals surface area contributed by atoms with Gasteiger partial charge in [0.25, 0.3) is 0 Å². The van der Waals surface area contributed by atoms with Crippen LogP contribution in [0, 0.1) is 11.8 Å². The second-order valence-corrected chi connectivity index (χ2v) is 5.95. The van der Waals surface area contributed by atoms with Crippen molar-refractivity contribution in [1.82, 2.24) is 10.6 Å². The van der Waals surface area contributed by atoms with Gasteiger partial charge in [0.1, 0.15) is 0 Å². The molecule has 1 saturated heterocycles. The first kappa shape index (κ1) is 15.1. The molecule has 0 radical (unpaired) electrons. The van der Waals surface area contributed by atoms with Crippen LogP contribution in [0.4, 0.5) is 4.79 Å². The van der Waals surface area contributed by atoms with Crippen molar-refractivity contribution < 1.29 is 14.7 Å². The van der Waals surface area contributed by atoms with Crippen LogP contribution in [0.5, 0.6) is 0 Å². The van der Waals surface area contributed by atoms with Gasteiger partial charge in [0.2, 0.25) is 0 Å². The summed E-state index contributed by atoms with van der Waals surface area (Å²) < 4.78 is 0. The van der Waals surface area contributed by atoms with E-state index in [0.717, 1.165) is 6.54 Å². The van der Waals surface area contributed by atoms with Crippen molar-refractivity contribution in [3.05, 3.63) is 0 Å². The number of carboxylic acids is 1. The Morgan fingerprint density at radius 1 is 1.33 bits per heavy atom. The number of thioether (sulfide) groups is 1. The van der Waals surface area contributed by atoms with Gasteiger partial charge in [-0.2, -0.15) is 11.8 Å². The maximum Gasteiger partial charge on any atom is 0.314 e.